The molecule has 0 atom stereocenters. The lowest BCUT2D eigenvalue weighted by atomic mass is 9.78. The highest BCUT2D eigenvalue weighted by molar-refractivity contribution is 9.10. The van der Waals surface area contributed by atoms with Crippen LogP contribution < -0.4 is 5.46 Å². The first kappa shape index (κ1) is 33.6. The standard InChI is InChI=1S/C19H20O.C10H15BO2.C9H7BrO/c1-19(2,3)14-9-7-13(8-10-14)15-5-4-6-17-16(15)11-12-18(17)20;1-10(2,3)8-4-6-9(7-5-8)11(12)13;10-8-3-1-2-7-6(8)4-5-9(7)11/h4-10H,11-12H2,1-3H3;4-7,12-13H,1-3H3;1-3H,4-5H2. The maximum atomic E-state index is 11.8. The van der Waals surface area contributed by atoms with Crippen LogP contribution in [0.4, 0.5) is 0 Å². The van der Waals surface area contributed by atoms with Gasteiger partial charge in [0, 0.05) is 28.4 Å². The van der Waals surface area contributed by atoms with Gasteiger partial charge in [-0.05, 0) is 68.6 Å². The Bertz CT molecular complexity index is 1630. The molecule has 6 rings (SSSR count). The van der Waals surface area contributed by atoms with Crippen LogP contribution >= 0.6 is 15.9 Å². The van der Waals surface area contributed by atoms with Crippen LogP contribution in [-0.2, 0) is 23.7 Å². The summed E-state index contributed by atoms with van der Waals surface area (Å²) in [4.78, 5) is 23.0. The van der Waals surface area contributed by atoms with Gasteiger partial charge in [-0.25, -0.2) is 0 Å². The van der Waals surface area contributed by atoms with Gasteiger partial charge in [-0.15, -0.1) is 0 Å². The van der Waals surface area contributed by atoms with Crippen molar-refractivity contribution in [1.29, 1.82) is 0 Å². The smallest absolute Gasteiger partial charge is 0.423 e. The molecule has 44 heavy (non-hydrogen) atoms. The summed E-state index contributed by atoms with van der Waals surface area (Å²) in [5, 5.41) is 17.7. The van der Waals surface area contributed by atoms with E-state index in [1.165, 1.54) is 33.4 Å². The fourth-order valence-electron chi connectivity index (χ4n) is 5.51. The summed E-state index contributed by atoms with van der Waals surface area (Å²) in [7, 11) is -1.37. The van der Waals surface area contributed by atoms with E-state index in [0.717, 1.165) is 28.4 Å². The number of ketones is 2. The first-order chi connectivity index (χ1) is 20.7. The van der Waals surface area contributed by atoms with Crippen LogP contribution in [0, 0.1) is 0 Å². The van der Waals surface area contributed by atoms with Gasteiger partial charge in [0.05, 0.1) is 0 Å². The molecule has 0 spiro atoms. The molecule has 4 nitrogen and oxygen atoms in total. The van der Waals surface area contributed by atoms with Crippen LogP contribution in [0.1, 0.15) is 97.4 Å². The predicted octanol–water partition coefficient (Wildman–Crippen LogP) is 8.02. The molecule has 2 N–H and O–H groups in total. The van der Waals surface area contributed by atoms with Crippen molar-refractivity contribution in [3.05, 3.63) is 123 Å². The largest absolute Gasteiger partial charge is 0.488 e. The van der Waals surface area contributed by atoms with Gasteiger partial charge < -0.3 is 10.0 Å². The second-order valence-corrected chi connectivity index (χ2v) is 14.4. The van der Waals surface area contributed by atoms with E-state index in [0.29, 0.717) is 18.3 Å². The molecule has 0 bridgehead atoms. The van der Waals surface area contributed by atoms with Crippen molar-refractivity contribution in [2.75, 3.05) is 0 Å². The predicted molar refractivity (Wildman–Crippen MR) is 185 cm³/mol. The van der Waals surface area contributed by atoms with E-state index in [4.69, 9.17) is 10.0 Å². The zero-order valence-corrected chi connectivity index (χ0v) is 28.2. The third-order valence-electron chi connectivity index (χ3n) is 8.24. The summed E-state index contributed by atoms with van der Waals surface area (Å²) in [6.07, 6.45) is 3.12. The Labute approximate surface area is 270 Å². The summed E-state index contributed by atoms with van der Waals surface area (Å²) >= 11 is 3.42. The zero-order valence-electron chi connectivity index (χ0n) is 26.6. The molecule has 0 aromatic heterocycles. The van der Waals surface area contributed by atoms with Gasteiger partial charge in [0.1, 0.15) is 0 Å². The Balaban J connectivity index is 0.000000160. The fraction of sp³-hybridized carbons (Fsp3) is 0.316. The first-order valence-electron chi connectivity index (χ1n) is 15.2. The second-order valence-electron chi connectivity index (χ2n) is 13.5. The van der Waals surface area contributed by atoms with Gasteiger partial charge in [-0.2, -0.15) is 0 Å². The monoisotopic (exact) mass is 652 g/mol. The van der Waals surface area contributed by atoms with Crippen molar-refractivity contribution in [3.8, 4) is 11.1 Å². The second kappa shape index (κ2) is 13.8. The minimum absolute atomic E-state index is 0.110. The van der Waals surface area contributed by atoms with Crippen LogP contribution in [-0.4, -0.2) is 28.7 Å². The van der Waals surface area contributed by atoms with E-state index in [2.05, 4.69) is 87.8 Å². The van der Waals surface area contributed by atoms with Crippen LogP contribution in [0.15, 0.2) is 89.4 Å². The molecule has 2 aliphatic rings. The van der Waals surface area contributed by atoms with Crippen LogP contribution in [0.5, 0.6) is 0 Å². The maximum Gasteiger partial charge on any atom is 0.488 e. The van der Waals surface area contributed by atoms with E-state index < -0.39 is 7.12 Å². The van der Waals surface area contributed by atoms with Gasteiger partial charge >= 0.3 is 7.12 Å². The molecule has 0 unspecified atom stereocenters. The fourth-order valence-corrected chi connectivity index (χ4v) is 6.08. The van der Waals surface area contributed by atoms with E-state index in [1.807, 2.05) is 42.5 Å². The Kier molecular flexibility index (Phi) is 10.5. The number of halogens is 1. The van der Waals surface area contributed by atoms with E-state index >= 15 is 0 Å². The normalized spacial score (nSPS) is 13.8. The number of fused-ring (bicyclic) bond motifs is 2. The maximum absolute atomic E-state index is 11.8. The van der Waals surface area contributed by atoms with Crippen molar-refractivity contribution >= 4 is 40.1 Å². The Morgan fingerprint density at radius 2 is 1.00 bits per heavy atom. The highest BCUT2D eigenvalue weighted by Gasteiger charge is 2.23. The minimum Gasteiger partial charge on any atom is -0.423 e. The topological polar surface area (TPSA) is 74.6 Å². The quantitative estimate of drug-likeness (QED) is 0.215. The number of Topliss-reactive ketones (excluding diaryl/α,β-unsaturated/α-hetero) is 2. The van der Waals surface area contributed by atoms with Gasteiger partial charge in [-0.1, -0.05) is 136 Å². The number of benzene rings is 4. The molecule has 4 aromatic rings. The first-order valence-corrected chi connectivity index (χ1v) is 16.0. The summed E-state index contributed by atoms with van der Waals surface area (Å²) in [5.74, 6) is 0.564. The SMILES string of the molecule is CC(C)(C)c1ccc(-c2cccc3c2CCC3=O)cc1.CC(C)(C)c1ccc(B(O)O)cc1.O=C1CCc2c(Br)cccc21. The molecule has 6 heteroatoms. The molecule has 0 aliphatic heterocycles. The summed E-state index contributed by atoms with van der Waals surface area (Å²) < 4.78 is 1.07. The van der Waals surface area contributed by atoms with Gasteiger partial charge in [0.15, 0.2) is 11.6 Å². The third kappa shape index (κ3) is 8.04. The van der Waals surface area contributed by atoms with Gasteiger partial charge in [0.25, 0.3) is 0 Å². The lowest BCUT2D eigenvalue weighted by Gasteiger charge is -2.19. The Hall–Kier alpha value is -3.32. The lowest BCUT2D eigenvalue weighted by Crippen LogP contribution is -2.29. The molecular weight excluding hydrogens is 611 g/mol. The summed E-state index contributed by atoms with van der Waals surface area (Å²) in [6, 6.07) is 28.0. The zero-order chi connectivity index (χ0) is 32.2. The average molecular weight is 653 g/mol. The van der Waals surface area contributed by atoms with Crippen molar-refractivity contribution < 1.29 is 19.6 Å². The third-order valence-corrected chi connectivity index (χ3v) is 8.98. The summed E-state index contributed by atoms with van der Waals surface area (Å²) in [5.41, 5.74) is 10.00. The van der Waals surface area contributed by atoms with Gasteiger partial charge in [0.2, 0.25) is 0 Å². The number of carbonyl (C=O) groups excluding carboxylic acids is 2. The van der Waals surface area contributed by atoms with Gasteiger partial charge in [-0.3, -0.25) is 9.59 Å². The number of hydrogen-bond acceptors (Lipinski definition) is 4. The number of carbonyl (C=O) groups is 2. The van der Waals surface area contributed by atoms with Crippen LogP contribution in [0.2, 0.25) is 0 Å². The molecule has 0 heterocycles. The van der Waals surface area contributed by atoms with Crippen molar-refractivity contribution in [2.45, 2.75) is 78.1 Å². The molecule has 0 saturated carbocycles. The van der Waals surface area contributed by atoms with E-state index in [9.17, 15) is 9.59 Å². The minimum atomic E-state index is -1.37. The Morgan fingerprint density at radius 1 is 0.568 bits per heavy atom. The van der Waals surface area contributed by atoms with Crippen molar-refractivity contribution in [3.63, 3.8) is 0 Å². The van der Waals surface area contributed by atoms with Crippen molar-refractivity contribution in [1.82, 2.24) is 0 Å². The van der Waals surface area contributed by atoms with Crippen molar-refractivity contribution in [2.24, 2.45) is 0 Å². The van der Waals surface area contributed by atoms with E-state index in [-0.39, 0.29) is 22.4 Å². The highest BCUT2D eigenvalue weighted by Crippen LogP contribution is 2.34. The van der Waals surface area contributed by atoms with E-state index in [1.54, 1.807) is 12.1 Å². The summed E-state index contributed by atoms with van der Waals surface area (Å²) in [6.45, 7) is 13.0. The van der Waals surface area contributed by atoms with Crippen LogP contribution in [0.3, 0.4) is 0 Å². The number of hydrogen-bond donors (Lipinski definition) is 2. The lowest BCUT2D eigenvalue weighted by molar-refractivity contribution is 0.0986. The Morgan fingerprint density at radius 3 is 1.48 bits per heavy atom. The number of rotatable bonds is 2. The molecular formula is C38H42BBrO4. The molecule has 228 valence electrons. The molecule has 4 aromatic carbocycles. The molecule has 0 amide bonds. The molecule has 0 radical (unpaired) electrons. The highest BCUT2D eigenvalue weighted by atomic mass is 79.9. The van der Waals surface area contributed by atoms with Crippen LogP contribution in [0.25, 0.3) is 11.1 Å². The average Bonchev–Trinajstić information content (AvgIpc) is 3.56. The molecule has 0 fully saturated rings. The molecule has 2 aliphatic carbocycles. The molecule has 0 saturated heterocycles.